The quantitative estimate of drug-likeness (QED) is 0.512. The molecule has 0 spiro atoms. The number of fused-ring (bicyclic) bond motifs is 1. The maximum absolute atomic E-state index is 13.1. The molecule has 0 saturated heterocycles. The van der Waals surface area contributed by atoms with Crippen LogP contribution in [0, 0.1) is 5.92 Å². The Balaban J connectivity index is 1.59. The minimum atomic E-state index is -6.06. The maximum atomic E-state index is 13.1. The molecule has 14 heteroatoms. The van der Waals surface area contributed by atoms with Gasteiger partial charge in [0, 0.05) is 24.7 Å². The molecule has 206 valence electrons. The Morgan fingerprint density at radius 3 is 2.08 bits per heavy atom. The number of carbonyl (C=O) groups excluding carboxylic acids is 2. The van der Waals surface area contributed by atoms with E-state index in [1.54, 1.807) is 0 Å². The number of carbonyl (C=O) groups is 2. The van der Waals surface area contributed by atoms with Crippen LogP contribution in [0.15, 0.2) is 47.4 Å². The first-order valence-corrected chi connectivity index (χ1v) is 13.0. The second-order valence-corrected chi connectivity index (χ2v) is 11.4. The first-order chi connectivity index (χ1) is 17.5. The maximum Gasteiger partial charge on any atom is 0.430 e. The fourth-order valence-electron chi connectivity index (χ4n) is 4.38. The van der Waals surface area contributed by atoms with Gasteiger partial charge in [-0.2, -0.15) is 26.3 Å². The zero-order valence-corrected chi connectivity index (χ0v) is 20.5. The van der Waals surface area contributed by atoms with E-state index >= 15 is 0 Å². The minimum Gasteiger partial charge on any atom is -0.369 e. The second-order valence-electron chi connectivity index (χ2n) is 9.41. The fourth-order valence-corrected chi connectivity index (χ4v) is 6.13. The van der Waals surface area contributed by atoms with E-state index in [0.29, 0.717) is 23.3 Å². The number of benzene rings is 2. The van der Waals surface area contributed by atoms with Crippen molar-refractivity contribution in [2.24, 2.45) is 5.92 Å². The number of alkyl halides is 6. The molecule has 1 aliphatic heterocycles. The van der Waals surface area contributed by atoms with Crippen molar-refractivity contribution in [3.63, 3.8) is 0 Å². The molecule has 38 heavy (non-hydrogen) atoms. The van der Waals surface area contributed by atoms with Gasteiger partial charge in [-0.3, -0.25) is 9.59 Å². The Morgan fingerprint density at radius 2 is 1.58 bits per heavy atom. The van der Waals surface area contributed by atoms with Gasteiger partial charge < -0.3 is 15.3 Å². The molecule has 1 fully saturated rings. The molecule has 2 aromatic carbocycles. The monoisotopic (exact) mass is 564 g/mol. The molecule has 4 rings (SSSR count). The van der Waals surface area contributed by atoms with E-state index in [9.17, 15) is 49.5 Å². The van der Waals surface area contributed by atoms with Gasteiger partial charge >= 0.3 is 12.4 Å². The predicted molar refractivity (Wildman–Crippen MR) is 121 cm³/mol. The summed E-state index contributed by atoms with van der Waals surface area (Å²) < 4.78 is 104. The Bertz CT molecular complexity index is 1350. The van der Waals surface area contributed by atoms with E-state index in [4.69, 9.17) is 0 Å². The highest BCUT2D eigenvalue weighted by atomic mass is 32.2. The summed E-state index contributed by atoms with van der Waals surface area (Å²) in [6.45, 7) is 1.12. The number of nitrogens with one attached hydrogen (secondary N) is 1. The van der Waals surface area contributed by atoms with Crippen molar-refractivity contribution in [3.8, 4) is 0 Å². The lowest BCUT2D eigenvalue weighted by Crippen LogP contribution is -2.53. The molecule has 0 radical (unpaired) electrons. The van der Waals surface area contributed by atoms with E-state index in [2.05, 4.69) is 5.32 Å². The molecule has 2 aliphatic rings. The van der Waals surface area contributed by atoms with Gasteiger partial charge in [0.1, 0.15) is 6.04 Å². The Labute approximate surface area is 213 Å². The topological polar surface area (TPSA) is 104 Å². The van der Waals surface area contributed by atoms with Gasteiger partial charge in [-0.05, 0) is 54.2 Å². The third-order valence-electron chi connectivity index (χ3n) is 6.62. The highest BCUT2D eigenvalue weighted by Gasteiger charge is 2.71. The van der Waals surface area contributed by atoms with Gasteiger partial charge in [0.05, 0.1) is 10.6 Å². The number of anilines is 1. The van der Waals surface area contributed by atoms with Crippen LogP contribution in [0.25, 0.3) is 0 Å². The van der Waals surface area contributed by atoms with Gasteiger partial charge in [-0.15, -0.1) is 0 Å². The lowest BCUT2D eigenvalue weighted by molar-refractivity contribution is -0.376. The van der Waals surface area contributed by atoms with Crippen molar-refractivity contribution >= 4 is 27.3 Å². The molecule has 1 saturated carbocycles. The van der Waals surface area contributed by atoms with Crippen LogP contribution in [0.2, 0.25) is 0 Å². The summed E-state index contributed by atoms with van der Waals surface area (Å²) in [6.07, 6.45) is -10.5. The van der Waals surface area contributed by atoms with Crippen LogP contribution in [0.3, 0.4) is 0 Å². The van der Waals surface area contributed by atoms with E-state index in [-0.39, 0.29) is 28.8 Å². The van der Waals surface area contributed by atoms with Crippen molar-refractivity contribution in [1.82, 2.24) is 4.90 Å². The SMILES string of the molecule is CC(=O)N1Cc2cc(S(=O)(=O)CC3CC3)ccc2C1C(=O)Nc1ccc(C(O)(C(F)(F)F)C(F)(F)F)cc1. The average molecular weight is 565 g/mol. The number of halogens is 6. The standard InChI is InChI=1S/C24H22F6N2O5S/c1-13(33)32-11-15-10-18(38(36,37)12-14-2-3-14)8-9-19(15)20(32)21(34)31-17-6-4-16(5-7-17)22(35,23(25,26)27)24(28,29)30/h4-10,14,20,35H,2-3,11-12H2,1H3,(H,31,34). The predicted octanol–water partition coefficient (Wildman–Crippen LogP) is 4.22. The normalized spacial score (nSPS) is 18.3. The van der Waals surface area contributed by atoms with Crippen molar-refractivity contribution in [2.45, 2.75) is 55.2 Å². The van der Waals surface area contributed by atoms with E-state index in [0.717, 1.165) is 29.9 Å². The summed E-state index contributed by atoms with van der Waals surface area (Å²) in [5.74, 6) is -1.23. The third-order valence-corrected chi connectivity index (χ3v) is 8.50. The van der Waals surface area contributed by atoms with Gasteiger partial charge in [0.25, 0.3) is 11.5 Å². The fraction of sp³-hybridized carbons (Fsp3) is 0.417. The van der Waals surface area contributed by atoms with E-state index in [1.165, 1.54) is 25.1 Å². The molecular formula is C24H22F6N2O5S. The van der Waals surface area contributed by atoms with Crippen molar-refractivity contribution in [3.05, 3.63) is 59.2 Å². The highest BCUT2D eigenvalue weighted by Crippen LogP contribution is 2.50. The number of amides is 2. The Kier molecular flexibility index (Phi) is 6.80. The molecule has 0 aromatic heterocycles. The lowest BCUT2D eigenvalue weighted by atomic mass is 9.92. The molecule has 1 heterocycles. The summed E-state index contributed by atoms with van der Waals surface area (Å²) in [6, 6.07) is 5.24. The summed E-state index contributed by atoms with van der Waals surface area (Å²) >= 11 is 0. The van der Waals surface area contributed by atoms with Crippen LogP contribution < -0.4 is 5.32 Å². The first kappa shape index (κ1) is 27.9. The van der Waals surface area contributed by atoms with Gasteiger partial charge in [-0.25, -0.2) is 8.42 Å². The van der Waals surface area contributed by atoms with Gasteiger partial charge in [0.15, 0.2) is 9.84 Å². The van der Waals surface area contributed by atoms with E-state index in [1.807, 2.05) is 0 Å². The molecule has 1 aliphatic carbocycles. The van der Waals surface area contributed by atoms with Gasteiger partial charge in [0.2, 0.25) is 5.91 Å². The number of rotatable bonds is 6. The highest BCUT2D eigenvalue weighted by molar-refractivity contribution is 7.91. The summed E-state index contributed by atoms with van der Waals surface area (Å²) in [7, 11) is -3.56. The number of hydrogen-bond donors (Lipinski definition) is 2. The zero-order valence-electron chi connectivity index (χ0n) is 19.7. The van der Waals surface area contributed by atoms with Crippen LogP contribution in [-0.2, 0) is 31.6 Å². The summed E-state index contributed by atoms with van der Waals surface area (Å²) in [5.41, 5.74) is -6.04. The van der Waals surface area contributed by atoms with Crippen molar-refractivity contribution in [1.29, 1.82) is 0 Å². The smallest absolute Gasteiger partial charge is 0.369 e. The largest absolute Gasteiger partial charge is 0.430 e. The van der Waals surface area contributed by atoms with Crippen molar-refractivity contribution < 1.29 is 49.5 Å². The minimum absolute atomic E-state index is 0.0000769. The average Bonchev–Trinajstić information content (AvgIpc) is 3.51. The van der Waals surface area contributed by atoms with Crippen LogP contribution in [0.4, 0.5) is 32.0 Å². The van der Waals surface area contributed by atoms with Crippen LogP contribution in [-0.4, -0.2) is 48.3 Å². The molecule has 2 N–H and O–H groups in total. The zero-order chi connectivity index (χ0) is 28.3. The van der Waals surface area contributed by atoms with Crippen LogP contribution in [0.5, 0.6) is 0 Å². The van der Waals surface area contributed by atoms with Gasteiger partial charge in [-0.1, -0.05) is 18.2 Å². The summed E-state index contributed by atoms with van der Waals surface area (Å²) in [5, 5.41) is 11.9. The number of sulfone groups is 1. The Morgan fingerprint density at radius 1 is 1.00 bits per heavy atom. The molecule has 1 unspecified atom stereocenters. The van der Waals surface area contributed by atoms with Crippen LogP contribution >= 0.6 is 0 Å². The molecule has 2 aromatic rings. The second kappa shape index (κ2) is 9.26. The number of aliphatic hydroxyl groups is 1. The Hall–Kier alpha value is -3.13. The summed E-state index contributed by atoms with van der Waals surface area (Å²) in [4.78, 5) is 26.6. The molecule has 1 atom stereocenters. The molecule has 7 nitrogen and oxygen atoms in total. The molecule has 0 bridgehead atoms. The van der Waals surface area contributed by atoms with Crippen molar-refractivity contribution in [2.75, 3.05) is 11.1 Å². The first-order valence-electron chi connectivity index (χ1n) is 11.4. The molecular weight excluding hydrogens is 542 g/mol. The third kappa shape index (κ3) is 4.98. The lowest BCUT2D eigenvalue weighted by Gasteiger charge is -2.32. The molecule has 2 amide bonds. The van der Waals surface area contributed by atoms with E-state index < -0.39 is 51.2 Å². The number of nitrogens with zero attached hydrogens (tertiary/aromatic N) is 1. The number of hydrogen-bond acceptors (Lipinski definition) is 5. The van der Waals surface area contributed by atoms with Crippen LogP contribution in [0.1, 0.15) is 42.5 Å².